The predicted octanol–water partition coefficient (Wildman–Crippen LogP) is 4.15. The van der Waals surface area contributed by atoms with Gasteiger partial charge in [-0.05, 0) is 75.8 Å². The number of ether oxygens (including phenoxy) is 2. The normalized spacial score (nSPS) is 46.3. The van der Waals surface area contributed by atoms with E-state index in [0.717, 1.165) is 43.5 Å². The third-order valence-corrected chi connectivity index (χ3v) is 16.3. The Kier molecular flexibility index (Phi) is 6.17. The number of aryl methyl sites for hydroxylation is 1. The van der Waals surface area contributed by atoms with Crippen molar-refractivity contribution in [2.75, 3.05) is 38.8 Å². The smallest absolute Gasteiger partial charge is 0.316 e. The first-order valence-electron chi connectivity index (χ1n) is 19.3. The van der Waals surface area contributed by atoms with Gasteiger partial charge in [0, 0.05) is 83.7 Å². The van der Waals surface area contributed by atoms with Crippen molar-refractivity contribution in [1.29, 1.82) is 0 Å². The summed E-state index contributed by atoms with van der Waals surface area (Å²) in [6.45, 7) is 5.98. The van der Waals surface area contributed by atoms with Crippen LogP contribution in [0.5, 0.6) is 0 Å². The molecule has 3 aromatic rings. The summed E-state index contributed by atoms with van der Waals surface area (Å²) in [4.78, 5) is 21.9. The molecule has 51 heavy (non-hydrogen) atoms. The van der Waals surface area contributed by atoms with E-state index in [2.05, 4.69) is 94.9 Å². The van der Waals surface area contributed by atoms with Crippen molar-refractivity contribution in [3.63, 3.8) is 0 Å². The Labute approximate surface area is 299 Å². The minimum Gasteiger partial charge on any atom is -0.468 e. The molecule has 0 radical (unpaired) electrons. The van der Waals surface area contributed by atoms with Crippen LogP contribution in [0.2, 0.25) is 0 Å². The highest BCUT2D eigenvalue weighted by Crippen LogP contribution is 2.73. The first kappa shape index (κ1) is 31.3. The molecule has 7 bridgehead atoms. The zero-order valence-electron chi connectivity index (χ0n) is 30.3. The van der Waals surface area contributed by atoms with Gasteiger partial charge in [0.1, 0.15) is 5.41 Å². The van der Waals surface area contributed by atoms with Gasteiger partial charge in [0.05, 0.1) is 31.9 Å². The number of piperidine rings is 5. The number of hydrogen-bond acceptors (Lipinski definition) is 8. The number of benzene rings is 2. The molecule has 8 aliphatic heterocycles. The number of methoxy groups -OCH3 is 1. The molecule has 9 heterocycles. The summed E-state index contributed by atoms with van der Waals surface area (Å²) in [6.07, 6.45) is 4.79. The zero-order chi connectivity index (χ0) is 34.9. The fourth-order valence-electron chi connectivity index (χ4n) is 14.4. The molecule has 9 heteroatoms. The van der Waals surface area contributed by atoms with Gasteiger partial charge in [-0.25, -0.2) is 0 Å². The fourth-order valence-corrected chi connectivity index (χ4v) is 14.4. The van der Waals surface area contributed by atoms with Gasteiger partial charge in [-0.3, -0.25) is 14.6 Å². The van der Waals surface area contributed by atoms with E-state index in [9.17, 15) is 15.0 Å². The van der Waals surface area contributed by atoms with Crippen LogP contribution in [0.3, 0.4) is 0 Å². The summed E-state index contributed by atoms with van der Waals surface area (Å²) in [5, 5.41) is 26.6. The topological polar surface area (TPSA) is 90.6 Å². The van der Waals surface area contributed by atoms with E-state index < -0.39 is 22.7 Å². The maximum atomic E-state index is 14.1. The second kappa shape index (κ2) is 10.1. The molecule has 14 atom stereocenters. The first-order valence-corrected chi connectivity index (χ1v) is 19.3. The molecule has 2 aromatic carbocycles. The number of aliphatic hydroxyl groups is 2. The lowest BCUT2D eigenvalue weighted by Crippen LogP contribution is -2.72. The maximum absolute atomic E-state index is 14.1. The Bertz CT molecular complexity index is 2040. The first-order chi connectivity index (χ1) is 24.6. The molecule has 1 spiro atoms. The molecule has 1 aliphatic carbocycles. The molecule has 0 amide bonds. The number of anilines is 1. The van der Waals surface area contributed by atoms with Gasteiger partial charge in [0.15, 0.2) is 5.79 Å². The van der Waals surface area contributed by atoms with Crippen molar-refractivity contribution in [1.82, 2.24) is 14.4 Å². The predicted molar refractivity (Wildman–Crippen MR) is 193 cm³/mol. The largest absolute Gasteiger partial charge is 0.468 e. The van der Waals surface area contributed by atoms with Crippen LogP contribution in [-0.2, 0) is 33.2 Å². The van der Waals surface area contributed by atoms with E-state index in [-0.39, 0.29) is 47.9 Å². The number of aromatic nitrogens is 1. The lowest BCUT2D eigenvalue weighted by molar-refractivity contribution is -0.287. The lowest BCUT2D eigenvalue weighted by Gasteiger charge is -2.62. The SMILES string of the molecule is CC=C1CN2[C@H]3C[C@@]45c6ccccc6N(C[C@H]6[C@@H]7C[C@H]8c9c(c%10ccccc%10n9C)C[C@@H]([C@@H]7CO[C@@]6(C)O)N8C)[C@H]4[C@@H]2C[C@@H]1[C@]3(C(=O)OC)[C@@H]5O. The van der Waals surface area contributed by atoms with Crippen LogP contribution in [0.15, 0.2) is 60.2 Å². The van der Waals surface area contributed by atoms with E-state index >= 15 is 0 Å². The quantitative estimate of drug-likeness (QED) is 0.313. The molecule has 9 nitrogen and oxygen atoms in total. The van der Waals surface area contributed by atoms with Gasteiger partial charge in [0.25, 0.3) is 0 Å². The van der Waals surface area contributed by atoms with Crippen molar-refractivity contribution < 1.29 is 24.5 Å². The molecular formula is C42H50N4O5. The van der Waals surface area contributed by atoms with Crippen LogP contribution in [-0.4, -0.2) is 100 Å². The van der Waals surface area contributed by atoms with Crippen LogP contribution in [0.1, 0.15) is 56.0 Å². The number of aliphatic hydroxyl groups excluding tert-OH is 1. The molecule has 2 N–H and O–H groups in total. The van der Waals surface area contributed by atoms with E-state index in [1.165, 1.54) is 34.8 Å². The van der Waals surface area contributed by atoms with Crippen LogP contribution >= 0.6 is 0 Å². The fraction of sp³-hybridized carbons (Fsp3) is 0.595. The maximum Gasteiger partial charge on any atom is 0.316 e. The van der Waals surface area contributed by atoms with Crippen molar-refractivity contribution in [3.8, 4) is 0 Å². The molecule has 268 valence electrons. The number of allylic oxidation sites excluding steroid dienone is 1. The highest BCUT2D eigenvalue weighted by Gasteiger charge is 2.83. The molecule has 1 saturated carbocycles. The summed E-state index contributed by atoms with van der Waals surface area (Å²) in [6, 6.07) is 18.1. The van der Waals surface area contributed by atoms with Crippen molar-refractivity contribution in [2.24, 2.45) is 36.1 Å². The second-order valence-electron chi connectivity index (χ2n) is 17.5. The van der Waals surface area contributed by atoms with E-state index in [0.29, 0.717) is 25.1 Å². The number of nitrogens with zero attached hydrogens (tertiary/aromatic N) is 4. The molecule has 9 aliphatic rings. The van der Waals surface area contributed by atoms with E-state index in [4.69, 9.17) is 9.47 Å². The van der Waals surface area contributed by atoms with Crippen LogP contribution < -0.4 is 4.90 Å². The van der Waals surface area contributed by atoms with Crippen LogP contribution in [0, 0.1) is 29.1 Å². The Morgan fingerprint density at radius 3 is 2.67 bits per heavy atom. The monoisotopic (exact) mass is 690 g/mol. The second-order valence-corrected chi connectivity index (χ2v) is 17.5. The number of fused-ring (bicyclic) bond motifs is 10. The zero-order valence-corrected chi connectivity index (χ0v) is 30.3. The molecule has 1 unspecified atom stereocenters. The number of rotatable bonds is 3. The van der Waals surface area contributed by atoms with Gasteiger partial charge in [-0.1, -0.05) is 48.0 Å². The lowest BCUT2D eigenvalue weighted by atomic mass is 9.58. The van der Waals surface area contributed by atoms with Crippen molar-refractivity contribution in [3.05, 3.63) is 77.0 Å². The molecule has 6 saturated heterocycles. The van der Waals surface area contributed by atoms with E-state index in [1.54, 1.807) is 0 Å². The minimum atomic E-state index is -1.30. The summed E-state index contributed by atoms with van der Waals surface area (Å²) in [7, 11) is 6.01. The van der Waals surface area contributed by atoms with Gasteiger partial charge < -0.3 is 29.2 Å². The van der Waals surface area contributed by atoms with Crippen molar-refractivity contribution >= 4 is 22.6 Å². The Hall–Kier alpha value is -3.21. The number of carbonyl (C=O) groups excluding carboxylic acids is 1. The summed E-state index contributed by atoms with van der Waals surface area (Å²) < 4.78 is 14.6. The molecule has 12 rings (SSSR count). The number of para-hydroxylation sites is 2. The number of hydrogen-bond donors (Lipinski definition) is 2. The Morgan fingerprint density at radius 1 is 1.08 bits per heavy atom. The highest BCUT2D eigenvalue weighted by atomic mass is 16.6. The molecular weight excluding hydrogens is 640 g/mol. The summed E-state index contributed by atoms with van der Waals surface area (Å²) in [5.41, 5.74) is 6.15. The van der Waals surface area contributed by atoms with Crippen molar-refractivity contribution in [2.45, 2.75) is 87.0 Å². The third kappa shape index (κ3) is 3.42. The molecule has 1 aromatic heterocycles. The van der Waals surface area contributed by atoms with Gasteiger partial charge in [-0.2, -0.15) is 0 Å². The summed E-state index contributed by atoms with van der Waals surface area (Å²) in [5.74, 6) is -1.21. The van der Waals surface area contributed by atoms with Crippen LogP contribution in [0.4, 0.5) is 5.69 Å². The standard InChI is InChI=1S/C42H50N4O5/c1-6-22-19-45-34-17-28(22)42(39(48)50-5)35(45)18-41(38(42)47)27-12-8-10-14-31(27)46(37(34)41)20-29-24-15-33-36-25(23-11-7-9-13-30(23)44(36)4)16-32(43(33)3)26(24)21-51-40(29,2)49/h6-14,24,26,28-29,32-35,37-38,47,49H,15-21H2,1-5H3/t24-,26-,28+,29+,32+,33+,34+,35+,37+,38-,40-,41-,42-/m1/s1. The minimum absolute atomic E-state index is 0.0252. The number of likely N-dealkylation sites (N-methyl/N-ethyl adjacent to an activating group) is 1. The average Bonchev–Trinajstić information content (AvgIpc) is 3.66. The summed E-state index contributed by atoms with van der Waals surface area (Å²) >= 11 is 0. The van der Waals surface area contributed by atoms with Gasteiger partial charge in [-0.15, -0.1) is 0 Å². The molecule has 7 fully saturated rings. The van der Waals surface area contributed by atoms with Gasteiger partial charge >= 0.3 is 5.97 Å². The van der Waals surface area contributed by atoms with Gasteiger partial charge in [0.2, 0.25) is 0 Å². The number of carbonyl (C=O) groups is 1. The Balaban J connectivity index is 1.03. The number of esters is 1. The highest BCUT2D eigenvalue weighted by molar-refractivity contribution is 5.86. The third-order valence-electron chi connectivity index (χ3n) is 16.3. The average molecular weight is 691 g/mol. The van der Waals surface area contributed by atoms with E-state index in [1.807, 2.05) is 6.92 Å². The Morgan fingerprint density at radius 2 is 1.86 bits per heavy atom. The van der Waals surface area contributed by atoms with Crippen LogP contribution in [0.25, 0.3) is 10.9 Å².